The molecule has 1 aromatic carbocycles. The minimum atomic E-state index is -0.232. The lowest BCUT2D eigenvalue weighted by molar-refractivity contribution is -0.140. The van der Waals surface area contributed by atoms with Crippen molar-refractivity contribution in [3.63, 3.8) is 0 Å². The molecule has 3 fully saturated rings. The van der Waals surface area contributed by atoms with Gasteiger partial charge >= 0.3 is 0 Å². The second kappa shape index (κ2) is 5.67. The number of rotatable bonds is 3. The molecular formula is C22H17ClN2O3. The zero-order chi connectivity index (χ0) is 19.0. The first-order valence-corrected chi connectivity index (χ1v) is 9.95. The highest BCUT2D eigenvalue weighted by atomic mass is 35.5. The van der Waals surface area contributed by atoms with E-state index < -0.39 is 0 Å². The van der Waals surface area contributed by atoms with Crippen LogP contribution in [0.2, 0.25) is 5.02 Å². The van der Waals surface area contributed by atoms with E-state index in [4.69, 9.17) is 16.0 Å². The third-order valence-corrected chi connectivity index (χ3v) is 6.95. The number of benzene rings is 1. The van der Waals surface area contributed by atoms with E-state index >= 15 is 0 Å². The van der Waals surface area contributed by atoms with Crippen molar-refractivity contribution >= 4 is 29.6 Å². The van der Waals surface area contributed by atoms with Gasteiger partial charge < -0.3 is 4.42 Å². The molecule has 140 valence electrons. The van der Waals surface area contributed by atoms with Gasteiger partial charge in [0.25, 0.3) is 11.8 Å². The first-order valence-electron chi connectivity index (χ1n) is 9.58. The molecule has 6 heteroatoms. The van der Waals surface area contributed by atoms with Gasteiger partial charge in [0.15, 0.2) is 0 Å². The highest BCUT2D eigenvalue weighted by Crippen LogP contribution is 2.65. The molecule has 0 radical (unpaired) electrons. The third-order valence-electron chi connectivity index (χ3n) is 6.70. The molecule has 0 unspecified atom stereocenters. The number of furan rings is 1. The molecule has 2 bridgehead atoms. The van der Waals surface area contributed by atoms with Gasteiger partial charge in [-0.15, -0.1) is 0 Å². The monoisotopic (exact) mass is 392 g/mol. The van der Waals surface area contributed by atoms with Gasteiger partial charge in [0, 0.05) is 10.6 Å². The molecule has 2 saturated carbocycles. The second-order valence-corrected chi connectivity index (χ2v) is 8.53. The summed E-state index contributed by atoms with van der Waals surface area (Å²) in [6.07, 6.45) is 6.91. The third kappa shape index (κ3) is 2.23. The number of imide groups is 1. The SMILES string of the molecule is O=C1[C@@H]2[C@H]3C=C[C@H]([C@@H]4C[C@H]34)[C@@H]2C(=O)N1N=Cc1ccc(-c2ccc(Cl)cc2)o1. The van der Waals surface area contributed by atoms with E-state index in [1.54, 1.807) is 18.2 Å². The molecule has 1 saturated heterocycles. The van der Waals surface area contributed by atoms with Crippen LogP contribution in [-0.2, 0) is 9.59 Å². The van der Waals surface area contributed by atoms with Crippen LogP contribution >= 0.6 is 11.6 Å². The molecule has 5 aliphatic rings. The van der Waals surface area contributed by atoms with Gasteiger partial charge in [-0.3, -0.25) is 9.59 Å². The summed E-state index contributed by atoms with van der Waals surface area (Å²) in [5.74, 6) is 1.95. The largest absolute Gasteiger partial charge is 0.455 e. The fraction of sp³-hybridized carbons (Fsp3) is 0.318. The Morgan fingerprint density at radius 1 is 0.964 bits per heavy atom. The maximum Gasteiger partial charge on any atom is 0.254 e. The van der Waals surface area contributed by atoms with Crippen molar-refractivity contribution in [2.75, 3.05) is 0 Å². The Labute approximate surface area is 166 Å². The molecule has 1 aliphatic heterocycles. The molecule has 6 atom stereocenters. The highest BCUT2D eigenvalue weighted by Gasteiger charge is 2.67. The lowest BCUT2D eigenvalue weighted by Gasteiger charge is -2.37. The second-order valence-electron chi connectivity index (χ2n) is 8.10. The van der Waals surface area contributed by atoms with E-state index in [0.29, 0.717) is 28.4 Å². The van der Waals surface area contributed by atoms with Crippen LogP contribution in [0.5, 0.6) is 0 Å². The van der Waals surface area contributed by atoms with Gasteiger partial charge in [-0.1, -0.05) is 23.8 Å². The van der Waals surface area contributed by atoms with E-state index in [2.05, 4.69) is 17.3 Å². The molecule has 1 aromatic heterocycles. The molecule has 2 amide bonds. The Morgan fingerprint density at radius 3 is 2.25 bits per heavy atom. The van der Waals surface area contributed by atoms with Crippen molar-refractivity contribution in [1.29, 1.82) is 0 Å². The first kappa shape index (κ1) is 16.3. The fourth-order valence-corrected chi connectivity index (χ4v) is 5.49. The number of amides is 2. The number of carbonyl (C=O) groups is 2. The van der Waals surface area contributed by atoms with Crippen molar-refractivity contribution in [2.45, 2.75) is 6.42 Å². The quantitative estimate of drug-likeness (QED) is 0.451. The van der Waals surface area contributed by atoms with Crippen LogP contribution in [0.15, 0.2) is 58.1 Å². The van der Waals surface area contributed by atoms with Crippen LogP contribution in [0.4, 0.5) is 0 Å². The first-order chi connectivity index (χ1) is 13.6. The average molecular weight is 393 g/mol. The molecule has 28 heavy (non-hydrogen) atoms. The minimum absolute atomic E-state index is 0.166. The zero-order valence-electron chi connectivity index (χ0n) is 14.9. The summed E-state index contributed by atoms with van der Waals surface area (Å²) in [6, 6.07) is 10.9. The van der Waals surface area contributed by atoms with Crippen LogP contribution in [-0.4, -0.2) is 23.0 Å². The zero-order valence-corrected chi connectivity index (χ0v) is 15.6. The average Bonchev–Trinajstić information content (AvgIpc) is 3.34. The number of nitrogens with zero attached hydrogens (tertiary/aromatic N) is 2. The van der Waals surface area contributed by atoms with Gasteiger partial charge in [0.05, 0.1) is 18.1 Å². The molecule has 7 rings (SSSR count). The summed E-state index contributed by atoms with van der Waals surface area (Å²) in [5, 5.41) is 5.93. The van der Waals surface area contributed by atoms with Crippen molar-refractivity contribution in [1.82, 2.24) is 5.01 Å². The van der Waals surface area contributed by atoms with E-state index in [1.165, 1.54) is 6.21 Å². The van der Waals surface area contributed by atoms with Crippen molar-refractivity contribution in [2.24, 2.45) is 40.6 Å². The van der Waals surface area contributed by atoms with E-state index in [0.717, 1.165) is 17.0 Å². The van der Waals surface area contributed by atoms with Crippen LogP contribution in [0, 0.1) is 35.5 Å². The summed E-state index contributed by atoms with van der Waals surface area (Å²) in [5.41, 5.74) is 0.894. The minimum Gasteiger partial charge on any atom is -0.455 e. The van der Waals surface area contributed by atoms with Gasteiger partial charge in [-0.25, -0.2) is 0 Å². The molecule has 4 aliphatic carbocycles. The molecule has 5 nitrogen and oxygen atoms in total. The van der Waals surface area contributed by atoms with E-state index in [1.807, 2.05) is 18.2 Å². The van der Waals surface area contributed by atoms with Gasteiger partial charge in [0.2, 0.25) is 0 Å². The lowest BCUT2D eigenvalue weighted by atomic mass is 9.63. The summed E-state index contributed by atoms with van der Waals surface area (Å²) >= 11 is 5.92. The van der Waals surface area contributed by atoms with Crippen LogP contribution in [0.3, 0.4) is 0 Å². The number of allylic oxidation sites excluding steroid dienone is 2. The Morgan fingerprint density at radius 2 is 1.61 bits per heavy atom. The number of halogens is 1. The molecule has 2 heterocycles. The predicted octanol–water partition coefficient (Wildman–Crippen LogP) is 3.99. The highest BCUT2D eigenvalue weighted by molar-refractivity contribution is 6.30. The summed E-state index contributed by atoms with van der Waals surface area (Å²) in [7, 11) is 0. The fourth-order valence-electron chi connectivity index (χ4n) is 5.36. The predicted molar refractivity (Wildman–Crippen MR) is 103 cm³/mol. The summed E-state index contributed by atoms with van der Waals surface area (Å²) in [4.78, 5) is 25.8. The van der Waals surface area contributed by atoms with Crippen LogP contribution in [0.25, 0.3) is 11.3 Å². The molecule has 2 aromatic rings. The Kier molecular flexibility index (Phi) is 3.30. The van der Waals surface area contributed by atoms with Gasteiger partial charge in [-0.05, 0) is 66.5 Å². The molecular weight excluding hydrogens is 376 g/mol. The number of hydrogen-bond donors (Lipinski definition) is 0. The smallest absolute Gasteiger partial charge is 0.254 e. The summed E-state index contributed by atoms with van der Waals surface area (Å²) in [6.45, 7) is 0. The molecule has 0 N–H and O–H groups in total. The maximum absolute atomic E-state index is 12.9. The number of hydrogen-bond acceptors (Lipinski definition) is 4. The van der Waals surface area contributed by atoms with Crippen LogP contribution in [0.1, 0.15) is 12.2 Å². The van der Waals surface area contributed by atoms with Crippen molar-refractivity contribution in [3.8, 4) is 11.3 Å². The normalized spacial score (nSPS) is 35.0. The van der Waals surface area contributed by atoms with E-state index in [9.17, 15) is 9.59 Å². The van der Waals surface area contributed by atoms with Crippen molar-refractivity contribution < 1.29 is 14.0 Å². The van der Waals surface area contributed by atoms with Gasteiger partial charge in [0.1, 0.15) is 11.5 Å². The van der Waals surface area contributed by atoms with Gasteiger partial charge in [-0.2, -0.15) is 10.1 Å². The standard InChI is InChI=1S/C22H17ClN2O3/c23-12-3-1-11(2-4-12)18-8-5-13(28-18)10-24-25-21(26)19-14-6-7-15(17-9-16(14)17)20(19)22(25)27/h1-8,10,14-17,19-20H,9H2/t14-,15+,16+,17-,19+,20-. The molecule has 0 spiro atoms. The Hall–Kier alpha value is -2.66. The number of carbonyl (C=O) groups excluding carboxylic acids is 2. The Balaban J connectivity index is 1.24. The summed E-state index contributed by atoms with van der Waals surface area (Å²) < 4.78 is 5.78. The number of hydrazone groups is 1. The lowest BCUT2D eigenvalue weighted by Crippen LogP contribution is -2.40. The van der Waals surface area contributed by atoms with Crippen LogP contribution < -0.4 is 0 Å². The maximum atomic E-state index is 12.9. The topological polar surface area (TPSA) is 62.9 Å². The van der Waals surface area contributed by atoms with E-state index in [-0.39, 0.29) is 35.5 Å². The van der Waals surface area contributed by atoms with Crippen molar-refractivity contribution in [3.05, 3.63) is 59.3 Å². The Bertz CT molecular complexity index is 1020.